The van der Waals surface area contributed by atoms with Crippen LogP contribution in [0.4, 0.5) is 0 Å². The molecular formula is C15H31N3O. The highest BCUT2D eigenvalue weighted by Crippen LogP contribution is 2.31. The van der Waals surface area contributed by atoms with E-state index in [0.717, 1.165) is 57.6 Å². The Bertz CT molecular complexity index is 240. The Balaban J connectivity index is 2.01. The van der Waals surface area contributed by atoms with Crippen LogP contribution < -0.4 is 10.6 Å². The summed E-state index contributed by atoms with van der Waals surface area (Å²) in [5, 5.41) is 6.69. The molecule has 1 rings (SSSR count). The number of unbranched alkanes of at least 4 members (excludes halogenated alkanes) is 1. The predicted molar refractivity (Wildman–Crippen MR) is 81.7 cm³/mol. The highest BCUT2D eigenvalue weighted by molar-refractivity contribution is 5.79. The van der Waals surface area contributed by atoms with Crippen LogP contribution in [0, 0.1) is 5.92 Å². The van der Waals surface area contributed by atoms with Crippen LogP contribution in [0.1, 0.15) is 52.4 Å². The van der Waals surface area contributed by atoms with Crippen molar-refractivity contribution in [3.05, 3.63) is 0 Å². The van der Waals surface area contributed by atoms with E-state index in [1.165, 1.54) is 25.7 Å². The third-order valence-corrected chi connectivity index (χ3v) is 3.25. The van der Waals surface area contributed by atoms with Crippen molar-refractivity contribution in [3.8, 4) is 0 Å². The van der Waals surface area contributed by atoms with Crippen LogP contribution in [0.3, 0.4) is 0 Å². The van der Waals surface area contributed by atoms with Crippen molar-refractivity contribution in [3.63, 3.8) is 0 Å². The van der Waals surface area contributed by atoms with Crippen LogP contribution >= 0.6 is 0 Å². The molecule has 1 fully saturated rings. The molecule has 0 saturated heterocycles. The van der Waals surface area contributed by atoms with Crippen LogP contribution in [0.2, 0.25) is 0 Å². The Kier molecular flexibility index (Phi) is 9.51. The average Bonchev–Trinajstić information content (AvgIpc) is 3.22. The van der Waals surface area contributed by atoms with Gasteiger partial charge in [-0.3, -0.25) is 4.99 Å². The van der Waals surface area contributed by atoms with E-state index in [9.17, 15) is 0 Å². The first kappa shape index (κ1) is 16.3. The fourth-order valence-corrected chi connectivity index (χ4v) is 1.85. The van der Waals surface area contributed by atoms with E-state index in [2.05, 4.69) is 29.5 Å². The molecule has 19 heavy (non-hydrogen) atoms. The quantitative estimate of drug-likeness (QED) is 0.344. The van der Waals surface area contributed by atoms with E-state index >= 15 is 0 Å². The maximum absolute atomic E-state index is 5.53. The van der Waals surface area contributed by atoms with E-state index in [0.29, 0.717) is 0 Å². The van der Waals surface area contributed by atoms with Gasteiger partial charge in [0.05, 0.1) is 0 Å². The van der Waals surface area contributed by atoms with Gasteiger partial charge in [-0.1, -0.05) is 26.2 Å². The van der Waals surface area contributed by atoms with E-state index in [1.807, 2.05) is 0 Å². The highest BCUT2D eigenvalue weighted by atomic mass is 16.5. The Labute approximate surface area is 118 Å². The second-order valence-electron chi connectivity index (χ2n) is 5.24. The molecule has 0 spiro atoms. The Morgan fingerprint density at radius 3 is 2.63 bits per heavy atom. The van der Waals surface area contributed by atoms with E-state index in [4.69, 9.17) is 4.74 Å². The van der Waals surface area contributed by atoms with Crippen molar-refractivity contribution in [2.24, 2.45) is 10.9 Å². The molecule has 0 aliphatic heterocycles. The Morgan fingerprint density at radius 2 is 1.95 bits per heavy atom. The molecule has 1 saturated carbocycles. The molecule has 0 heterocycles. The molecule has 4 heteroatoms. The van der Waals surface area contributed by atoms with Crippen molar-refractivity contribution >= 4 is 5.96 Å². The first-order chi connectivity index (χ1) is 9.36. The maximum atomic E-state index is 5.53. The maximum Gasteiger partial charge on any atom is 0.191 e. The summed E-state index contributed by atoms with van der Waals surface area (Å²) < 4.78 is 5.53. The normalized spacial score (nSPS) is 15.6. The van der Waals surface area contributed by atoms with Gasteiger partial charge in [-0.15, -0.1) is 0 Å². The first-order valence-corrected chi connectivity index (χ1v) is 7.96. The number of nitrogens with one attached hydrogen (secondary N) is 2. The molecule has 0 amide bonds. The Hall–Kier alpha value is -0.770. The molecule has 0 unspecified atom stereocenters. The molecule has 0 atom stereocenters. The number of aliphatic imine (C=N–C) groups is 1. The summed E-state index contributed by atoms with van der Waals surface area (Å²) in [6.07, 6.45) is 7.49. The molecular weight excluding hydrogens is 238 g/mol. The van der Waals surface area contributed by atoms with Gasteiger partial charge < -0.3 is 15.4 Å². The van der Waals surface area contributed by atoms with Crippen LogP contribution in [0.15, 0.2) is 4.99 Å². The van der Waals surface area contributed by atoms with Gasteiger partial charge in [-0.25, -0.2) is 0 Å². The average molecular weight is 269 g/mol. The van der Waals surface area contributed by atoms with Gasteiger partial charge >= 0.3 is 0 Å². The van der Waals surface area contributed by atoms with Gasteiger partial charge in [0.1, 0.15) is 0 Å². The third kappa shape index (κ3) is 9.77. The summed E-state index contributed by atoms with van der Waals surface area (Å²) in [4.78, 5) is 4.56. The summed E-state index contributed by atoms with van der Waals surface area (Å²) in [6.45, 7) is 8.80. The summed E-state index contributed by atoms with van der Waals surface area (Å²) in [5.41, 5.74) is 0. The van der Waals surface area contributed by atoms with Gasteiger partial charge in [-0.2, -0.15) is 0 Å². The summed E-state index contributed by atoms with van der Waals surface area (Å²) in [5.74, 6) is 1.93. The molecule has 2 N–H and O–H groups in total. The highest BCUT2D eigenvalue weighted by Gasteiger charge is 2.20. The lowest BCUT2D eigenvalue weighted by molar-refractivity contribution is 0.130. The molecule has 0 aromatic rings. The lowest BCUT2D eigenvalue weighted by Crippen LogP contribution is -2.38. The molecule has 0 aromatic carbocycles. The first-order valence-electron chi connectivity index (χ1n) is 7.96. The number of guanidine groups is 1. The number of hydrogen-bond acceptors (Lipinski definition) is 2. The van der Waals surface area contributed by atoms with Crippen molar-refractivity contribution in [2.75, 3.05) is 32.8 Å². The summed E-state index contributed by atoms with van der Waals surface area (Å²) in [6, 6.07) is 0. The van der Waals surface area contributed by atoms with Crippen molar-refractivity contribution in [1.29, 1.82) is 0 Å². The smallest absolute Gasteiger partial charge is 0.191 e. The van der Waals surface area contributed by atoms with Gasteiger partial charge in [0.15, 0.2) is 5.96 Å². The topological polar surface area (TPSA) is 45.6 Å². The standard InChI is InChI=1S/C15H31N3O/c1-3-5-12-19-13-6-10-17-15(16-4-2)18-11-9-14-7-8-14/h14H,3-13H2,1-2H3,(H2,16,17,18). The molecule has 1 aliphatic rings. The van der Waals surface area contributed by atoms with Gasteiger partial charge in [-0.05, 0) is 32.1 Å². The minimum absolute atomic E-state index is 0.824. The zero-order valence-electron chi connectivity index (χ0n) is 12.7. The fourth-order valence-electron chi connectivity index (χ4n) is 1.85. The Morgan fingerprint density at radius 1 is 1.16 bits per heavy atom. The van der Waals surface area contributed by atoms with Crippen LogP contribution in [-0.4, -0.2) is 38.8 Å². The second-order valence-corrected chi connectivity index (χ2v) is 5.24. The molecule has 0 bridgehead atoms. The molecule has 112 valence electrons. The lowest BCUT2D eigenvalue weighted by Gasteiger charge is -2.11. The molecule has 4 nitrogen and oxygen atoms in total. The van der Waals surface area contributed by atoms with Crippen molar-refractivity contribution < 1.29 is 4.74 Å². The monoisotopic (exact) mass is 269 g/mol. The number of hydrogen-bond donors (Lipinski definition) is 2. The van der Waals surface area contributed by atoms with Crippen molar-refractivity contribution in [2.45, 2.75) is 52.4 Å². The van der Waals surface area contributed by atoms with Gasteiger partial charge in [0.2, 0.25) is 0 Å². The number of ether oxygens (including phenoxy) is 1. The van der Waals surface area contributed by atoms with Gasteiger partial charge in [0.25, 0.3) is 0 Å². The van der Waals surface area contributed by atoms with E-state index in [1.54, 1.807) is 0 Å². The van der Waals surface area contributed by atoms with Crippen LogP contribution in [-0.2, 0) is 4.74 Å². The largest absolute Gasteiger partial charge is 0.381 e. The minimum Gasteiger partial charge on any atom is -0.381 e. The van der Waals surface area contributed by atoms with Crippen LogP contribution in [0.5, 0.6) is 0 Å². The second kappa shape index (κ2) is 11.1. The molecule has 0 radical (unpaired) electrons. The van der Waals surface area contributed by atoms with Gasteiger partial charge in [0, 0.05) is 32.8 Å². The minimum atomic E-state index is 0.824. The molecule has 1 aliphatic carbocycles. The fraction of sp³-hybridized carbons (Fsp3) is 0.933. The van der Waals surface area contributed by atoms with Crippen molar-refractivity contribution in [1.82, 2.24) is 10.6 Å². The van der Waals surface area contributed by atoms with E-state index < -0.39 is 0 Å². The number of nitrogens with zero attached hydrogens (tertiary/aromatic N) is 1. The third-order valence-electron chi connectivity index (χ3n) is 3.25. The number of rotatable bonds is 11. The zero-order valence-corrected chi connectivity index (χ0v) is 12.7. The van der Waals surface area contributed by atoms with E-state index in [-0.39, 0.29) is 0 Å². The zero-order chi connectivity index (χ0) is 13.8. The SMILES string of the molecule is CCCCOCCCN=C(NCC)NCCC1CC1. The lowest BCUT2D eigenvalue weighted by atomic mass is 10.3. The molecule has 0 aromatic heterocycles. The summed E-state index contributed by atoms with van der Waals surface area (Å²) >= 11 is 0. The predicted octanol–water partition coefficient (Wildman–Crippen LogP) is 2.55. The summed E-state index contributed by atoms with van der Waals surface area (Å²) in [7, 11) is 0. The van der Waals surface area contributed by atoms with Crippen LogP contribution in [0.25, 0.3) is 0 Å².